The quantitative estimate of drug-likeness (QED) is 0.105. The molecule has 1 saturated carbocycles. The number of benzene rings is 2. The van der Waals surface area contributed by atoms with Crippen LogP contribution in [0.2, 0.25) is 0 Å². The van der Waals surface area contributed by atoms with Crippen molar-refractivity contribution in [1.29, 1.82) is 0 Å². The number of imidazole rings is 1. The largest absolute Gasteiger partial charge is 0.501 e. The number of anilines is 1. The van der Waals surface area contributed by atoms with Crippen molar-refractivity contribution in [3.8, 4) is 11.1 Å². The molecule has 2 N–H and O–H groups in total. The summed E-state index contributed by atoms with van der Waals surface area (Å²) < 4.78 is 50.8. The molecule has 0 radical (unpaired) electrons. The van der Waals surface area contributed by atoms with Crippen LogP contribution in [0.1, 0.15) is 58.7 Å². The van der Waals surface area contributed by atoms with Crippen LogP contribution in [-0.2, 0) is 11.8 Å². The molecular weight excluding hydrogens is 517 g/mol. The molecule has 5 aromatic rings. The predicted octanol–water partition coefficient (Wildman–Crippen LogP) is 6.92. The first kappa shape index (κ1) is 25.7. The zero-order valence-corrected chi connectivity index (χ0v) is 22.3. The molecule has 0 aliphatic heterocycles. The Balaban J connectivity index is 1.64. The van der Waals surface area contributed by atoms with Gasteiger partial charge in [-0.25, -0.2) is 18.2 Å². The number of aromatic nitrogens is 3. The highest BCUT2D eigenvalue weighted by Crippen LogP contribution is 2.49. The highest BCUT2D eigenvalue weighted by Gasteiger charge is 2.31. The molecule has 0 atom stereocenters. The van der Waals surface area contributed by atoms with E-state index in [0.717, 1.165) is 40.9 Å². The number of fused-ring (bicyclic) bond motifs is 2. The number of carbonyl (C=O) groups excluding carboxylic acids is 1. The lowest BCUT2D eigenvalue weighted by molar-refractivity contribution is 0.103. The number of aryl methyl sites for hydroxylation is 2. The second kappa shape index (κ2) is 9.59. The van der Waals surface area contributed by atoms with Gasteiger partial charge in [-0.1, -0.05) is 6.07 Å². The van der Waals surface area contributed by atoms with Gasteiger partial charge in [-0.05, 0) is 74.6 Å². The molecule has 40 heavy (non-hydrogen) atoms. The first-order valence-electron chi connectivity index (χ1n) is 13.1. The lowest BCUT2D eigenvalue weighted by Crippen LogP contribution is -2.08. The van der Waals surface area contributed by atoms with E-state index in [4.69, 9.17) is 15.5 Å². The number of ketones is 1. The van der Waals surface area contributed by atoms with Gasteiger partial charge in [0.05, 0.1) is 35.3 Å². The third kappa shape index (κ3) is 4.04. The highest BCUT2D eigenvalue weighted by atomic mass is 19.2. The number of nitrogens with zero attached hydrogens (tertiary/aromatic N) is 3. The Bertz CT molecular complexity index is 1840. The Hall–Kier alpha value is -4.53. The van der Waals surface area contributed by atoms with Gasteiger partial charge < -0.3 is 19.4 Å². The summed E-state index contributed by atoms with van der Waals surface area (Å²) >= 11 is 0. The predicted molar refractivity (Wildman–Crippen MR) is 149 cm³/mol. The summed E-state index contributed by atoms with van der Waals surface area (Å²) in [5.41, 5.74) is 13.0. The molecule has 2 aromatic carbocycles. The van der Waals surface area contributed by atoms with Crippen LogP contribution in [0.15, 0.2) is 48.9 Å². The van der Waals surface area contributed by atoms with E-state index in [1.54, 1.807) is 28.8 Å². The number of carbonyl (C=O) groups is 1. The molecule has 0 spiro atoms. The summed E-state index contributed by atoms with van der Waals surface area (Å²) in [5, 5.41) is 0. The topological polar surface area (TPSA) is 74.5 Å². The van der Waals surface area contributed by atoms with Gasteiger partial charge in [0.2, 0.25) is 5.78 Å². The standard InChI is InChI=1S/C31H27F3N4O2/c1-4-40-11-9-18-14-25(31(39)19-12-22(32)27(34)23(33)13-19)38-10-5-6-20(30(18)38)26-21(17-7-8-17)15-24-29(28(26)35)36-16(2)37(24)3/h5-6,9-15,17H,4,7-8,35H2,1-3H3. The first-order valence-corrected chi connectivity index (χ1v) is 13.1. The van der Waals surface area contributed by atoms with Crippen molar-refractivity contribution >= 4 is 34.1 Å². The van der Waals surface area contributed by atoms with E-state index in [1.807, 2.05) is 31.5 Å². The van der Waals surface area contributed by atoms with E-state index in [1.165, 1.54) is 6.26 Å². The zero-order valence-electron chi connectivity index (χ0n) is 22.3. The van der Waals surface area contributed by atoms with Crippen molar-refractivity contribution in [2.24, 2.45) is 7.05 Å². The van der Waals surface area contributed by atoms with Crippen LogP contribution in [0, 0.1) is 24.4 Å². The fourth-order valence-corrected chi connectivity index (χ4v) is 5.35. The van der Waals surface area contributed by atoms with E-state index in [2.05, 4.69) is 6.07 Å². The Morgan fingerprint density at radius 2 is 1.90 bits per heavy atom. The third-order valence-corrected chi connectivity index (χ3v) is 7.56. The Labute approximate surface area is 228 Å². The van der Waals surface area contributed by atoms with Crippen molar-refractivity contribution in [3.05, 3.63) is 94.5 Å². The van der Waals surface area contributed by atoms with Gasteiger partial charge >= 0.3 is 0 Å². The molecule has 204 valence electrons. The minimum Gasteiger partial charge on any atom is -0.501 e. The summed E-state index contributed by atoms with van der Waals surface area (Å²) in [6.07, 6.45) is 7.06. The maximum absolute atomic E-state index is 14.0. The minimum atomic E-state index is -1.62. The van der Waals surface area contributed by atoms with Gasteiger partial charge in [0.25, 0.3) is 0 Å². The number of nitrogen functional groups attached to an aromatic ring is 1. The number of hydrogen-bond acceptors (Lipinski definition) is 4. The van der Waals surface area contributed by atoms with Crippen LogP contribution >= 0.6 is 0 Å². The van der Waals surface area contributed by atoms with Crippen molar-refractivity contribution in [1.82, 2.24) is 14.0 Å². The number of ether oxygens (including phenoxy) is 1. The van der Waals surface area contributed by atoms with Crippen LogP contribution < -0.4 is 5.73 Å². The first-order chi connectivity index (χ1) is 19.2. The van der Waals surface area contributed by atoms with Crippen LogP contribution in [-0.4, -0.2) is 26.3 Å². The lowest BCUT2D eigenvalue weighted by atomic mass is 9.93. The van der Waals surface area contributed by atoms with Crippen molar-refractivity contribution in [2.75, 3.05) is 12.3 Å². The lowest BCUT2D eigenvalue weighted by Gasteiger charge is -2.16. The van der Waals surface area contributed by atoms with Crippen molar-refractivity contribution in [3.63, 3.8) is 0 Å². The summed E-state index contributed by atoms with van der Waals surface area (Å²) in [7, 11) is 1.96. The second-order valence-corrected chi connectivity index (χ2v) is 10.1. The maximum Gasteiger partial charge on any atom is 0.209 e. The molecule has 0 saturated heterocycles. The summed E-state index contributed by atoms with van der Waals surface area (Å²) in [6, 6.07) is 8.94. The van der Waals surface area contributed by atoms with Gasteiger partial charge in [0.1, 0.15) is 11.3 Å². The van der Waals surface area contributed by atoms with Gasteiger partial charge in [-0.15, -0.1) is 0 Å². The van der Waals surface area contributed by atoms with E-state index in [-0.39, 0.29) is 11.3 Å². The van der Waals surface area contributed by atoms with Crippen LogP contribution in [0.4, 0.5) is 18.9 Å². The Kier molecular flexibility index (Phi) is 6.17. The molecule has 3 heterocycles. The summed E-state index contributed by atoms with van der Waals surface area (Å²) in [6.45, 7) is 4.23. The van der Waals surface area contributed by atoms with Gasteiger partial charge in [0.15, 0.2) is 17.5 Å². The SMILES string of the molecule is CCOC=Cc1cc(C(=O)c2cc(F)c(F)c(F)c2)n2cccc(-c3c(C4CC4)cc4c(nc(C)n4C)c3N)c12. The Morgan fingerprint density at radius 3 is 2.58 bits per heavy atom. The van der Waals surface area contributed by atoms with Crippen LogP contribution in [0.3, 0.4) is 0 Å². The fourth-order valence-electron chi connectivity index (χ4n) is 5.35. The fraction of sp³-hybridized carbons (Fsp3) is 0.226. The monoisotopic (exact) mass is 544 g/mol. The zero-order chi connectivity index (χ0) is 28.3. The molecule has 3 aromatic heterocycles. The maximum atomic E-state index is 14.0. The highest BCUT2D eigenvalue weighted by molar-refractivity contribution is 6.11. The Morgan fingerprint density at radius 1 is 1.18 bits per heavy atom. The van der Waals surface area contributed by atoms with Gasteiger partial charge in [-0.2, -0.15) is 0 Å². The van der Waals surface area contributed by atoms with Gasteiger partial charge in [0, 0.05) is 35.5 Å². The number of hydrogen-bond donors (Lipinski definition) is 1. The average Bonchev–Trinajstić information content (AvgIpc) is 3.66. The van der Waals surface area contributed by atoms with E-state index in [0.29, 0.717) is 46.9 Å². The number of nitrogens with two attached hydrogens (primary N) is 1. The van der Waals surface area contributed by atoms with Gasteiger partial charge in [-0.3, -0.25) is 4.79 Å². The van der Waals surface area contributed by atoms with Crippen LogP contribution in [0.25, 0.3) is 33.8 Å². The third-order valence-electron chi connectivity index (χ3n) is 7.56. The molecule has 6 rings (SSSR count). The minimum absolute atomic E-state index is 0.153. The number of halogens is 3. The molecule has 1 fully saturated rings. The summed E-state index contributed by atoms with van der Waals surface area (Å²) in [5.74, 6) is -3.95. The van der Waals surface area contributed by atoms with Crippen molar-refractivity contribution < 1.29 is 22.7 Å². The number of rotatable bonds is 7. The normalized spacial score (nSPS) is 13.7. The van der Waals surface area contributed by atoms with E-state index < -0.39 is 23.2 Å². The molecule has 1 aliphatic carbocycles. The molecule has 0 unspecified atom stereocenters. The molecule has 0 bridgehead atoms. The molecule has 1 aliphatic rings. The second-order valence-electron chi connectivity index (χ2n) is 10.1. The van der Waals surface area contributed by atoms with E-state index in [9.17, 15) is 18.0 Å². The molecule has 0 amide bonds. The smallest absolute Gasteiger partial charge is 0.209 e. The van der Waals surface area contributed by atoms with Crippen LogP contribution in [0.5, 0.6) is 0 Å². The molecule has 6 nitrogen and oxygen atoms in total. The molecular formula is C31H27F3N4O2. The van der Waals surface area contributed by atoms with Crippen molar-refractivity contribution in [2.45, 2.75) is 32.6 Å². The average molecular weight is 545 g/mol. The summed E-state index contributed by atoms with van der Waals surface area (Å²) in [4.78, 5) is 18.3. The molecule has 9 heteroatoms. The van der Waals surface area contributed by atoms with E-state index >= 15 is 0 Å². The number of pyridine rings is 1.